The van der Waals surface area contributed by atoms with Crippen molar-refractivity contribution in [2.45, 2.75) is 32.3 Å². The normalized spacial score (nSPS) is 24.2. The predicted octanol–water partition coefficient (Wildman–Crippen LogP) is 1.03. The molecule has 3 rings (SSSR count). The largest absolute Gasteiger partial charge is 0.377 e. The van der Waals surface area contributed by atoms with Crippen molar-refractivity contribution in [3.8, 4) is 0 Å². The number of ether oxygens (including phenoxy) is 1. The van der Waals surface area contributed by atoms with E-state index in [-0.39, 0.29) is 17.9 Å². The molecule has 1 aromatic heterocycles. The van der Waals surface area contributed by atoms with Crippen LogP contribution in [-0.2, 0) is 9.53 Å². The molecule has 0 radical (unpaired) electrons. The lowest BCUT2D eigenvalue weighted by Crippen LogP contribution is -2.53. The summed E-state index contributed by atoms with van der Waals surface area (Å²) >= 11 is 0. The van der Waals surface area contributed by atoms with Crippen LogP contribution in [0.25, 0.3) is 0 Å². The summed E-state index contributed by atoms with van der Waals surface area (Å²) in [6.45, 7) is 5.37. The standard InChI is InChI=1S/C18H26N4O3/c1-2-15-13(6-4-12-25-15)18(24)22-10-8-21(9-11-22)17-14(16(19)23)5-3-7-20-17/h3,5,7,13,15H,2,4,6,8-12H2,1H3,(H2,19,23). The van der Waals surface area contributed by atoms with E-state index < -0.39 is 5.91 Å². The molecule has 2 amide bonds. The van der Waals surface area contributed by atoms with Gasteiger partial charge in [0.1, 0.15) is 5.82 Å². The van der Waals surface area contributed by atoms with Crippen LogP contribution in [0.5, 0.6) is 0 Å². The second kappa shape index (κ2) is 7.82. The van der Waals surface area contributed by atoms with Gasteiger partial charge in [0.15, 0.2) is 0 Å². The van der Waals surface area contributed by atoms with Crippen LogP contribution in [0, 0.1) is 5.92 Å². The summed E-state index contributed by atoms with van der Waals surface area (Å²) in [5, 5.41) is 0. The van der Waals surface area contributed by atoms with Crippen LogP contribution in [0.3, 0.4) is 0 Å². The number of nitrogens with two attached hydrogens (primary N) is 1. The minimum atomic E-state index is -0.480. The fourth-order valence-electron chi connectivity index (χ4n) is 3.74. The molecule has 2 aliphatic rings. The van der Waals surface area contributed by atoms with Crippen LogP contribution in [0.2, 0.25) is 0 Å². The number of carbonyl (C=O) groups excluding carboxylic acids is 2. The van der Waals surface area contributed by atoms with Gasteiger partial charge in [-0.1, -0.05) is 6.92 Å². The zero-order chi connectivity index (χ0) is 17.8. The summed E-state index contributed by atoms with van der Waals surface area (Å²) in [5.74, 6) is 0.296. The van der Waals surface area contributed by atoms with E-state index in [1.807, 2.05) is 9.80 Å². The first-order valence-corrected chi connectivity index (χ1v) is 9.02. The number of pyridine rings is 1. The van der Waals surface area contributed by atoms with Crippen molar-refractivity contribution < 1.29 is 14.3 Å². The van der Waals surface area contributed by atoms with E-state index in [2.05, 4.69) is 11.9 Å². The van der Waals surface area contributed by atoms with Gasteiger partial charge in [0.25, 0.3) is 5.91 Å². The van der Waals surface area contributed by atoms with Gasteiger partial charge in [0.2, 0.25) is 5.91 Å². The number of hydrogen-bond acceptors (Lipinski definition) is 5. The third-order valence-electron chi connectivity index (χ3n) is 5.10. The molecule has 7 nitrogen and oxygen atoms in total. The Balaban J connectivity index is 1.64. The second-order valence-electron chi connectivity index (χ2n) is 6.62. The molecular weight excluding hydrogens is 320 g/mol. The van der Waals surface area contributed by atoms with Gasteiger partial charge in [-0.3, -0.25) is 9.59 Å². The molecule has 2 unspecified atom stereocenters. The molecule has 1 aromatic rings. The maximum atomic E-state index is 12.9. The molecule has 136 valence electrons. The Morgan fingerprint density at radius 2 is 2.08 bits per heavy atom. The summed E-state index contributed by atoms with van der Waals surface area (Å²) < 4.78 is 5.76. The predicted molar refractivity (Wildman–Crippen MR) is 94.3 cm³/mol. The van der Waals surface area contributed by atoms with Crippen LogP contribution in [0.1, 0.15) is 36.5 Å². The van der Waals surface area contributed by atoms with Crippen molar-refractivity contribution >= 4 is 17.6 Å². The van der Waals surface area contributed by atoms with Gasteiger partial charge in [-0.05, 0) is 31.4 Å². The van der Waals surface area contributed by atoms with Crippen LogP contribution in [0.15, 0.2) is 18.3 Å². The van der Waals surface area contributed by atoms with Crippen molar-refractivity contribution in [3.63, 3.8) is 0 Å². The molecule has 0 saturated carbocycles. The highest BCUT2D eigenvalue weighted by Crippen LogP contribution is 2.26. The highest BCUT2D eigenvalue weighted by atomic mass is 16.5. The number of hydrogen-bond donors (Lipinski definition) is 1. The molecule has 0 aliphatic carbocycles. The lowest BCUT2D eigenvalue weighted by atomic mass is 9.91. The smallest absolute Gasteiger partial charge is 0.252 e. The van der Waals surface area contributed by atoms with Crippen molar-refractivity contribution in [3.05, 3.63) is 23.9 Å². The van der Waals surface area contributed by atoms with Gasteiger partial charge in [0, 0.05) is 39.0 Å². The van der Waals surface area contributed by atoms with Crippen molar-refractivity contribution in [2.75, 3.05) is 37.7 Å². The van der Waals surface area contributed by atoms with E-state index in [0.29, 0.717) is 37.6 Å². The van der Waals surface area contributed by atoms with Crippen LogP contribution >= 0.6 is 0 Å². The van der Waals surface area contributed by atoms with Crippen molar-refractivity contribution in [2.24, 2.45) is 11.7 Å². The molecular formula is C18H26N4O3. The Labute approximate surface area is 148 Å². The number of primary amides is 1. The summed E-state index contributed by atoms with van der Waals surface area (Å²) in [6.07, 6.45) is 4.42. The molecule has 2 fully saturated rings. The van der Waals surface area contributed by atoms with E-state index in [1.165, 1.54) is 0 Å². The number of nitrogens with zero attached hydrogens (tertiary/aromatic N) is 3. The average Bonchev–Trinajstić information content (AvgIpc) is 2.67. The topological polar surface area (TPSA) is 88.8 Å². The Bertz CT molecular complexity index is 629. The van der Waals surface area contributed by atoms with Crippen LogP contribution < -0.4 is 10.6 Å². The molecule has 3 heterocycles. The Kier molecular flexibility index (Phi) is 5.53. The SMILES string of the molecule is CCC1OCCCC1C(=O)N1CCN(c2ncccc2C(N)=O)CC1. The first-order chi connectivity index (χ1) is 12.1. The maximum Gasteiger partial charge on any atom is 0.252 e. The van der Waals surface area contributed by atoms with Gasteiger partial charge in [-0.2, -0.15) is 0 Å². The van der Waals surface area contributed by atoms with Crippen LogP contribution in [0.4, 0.5) is 5.82 Å². The van der Waals surface area contributed by atoms with Crippen molar-refractivity contribution in [1.82, 2.24) is 9.88 Å². The minimum absolute atomic E-state index is 0.0265. The molecule has 25 heavy (non-hydrogen) atoms. The molecule has 0 bridgehead atoms. The first kappa shape index (κ1) is 17.7. The van der Waals surface area contributed by atoms with E-state index in [9.17, 15) is 9.59 Å². The Morgan fingerprint density at radius 1 is 1.32 bits per heavy atom. The molecule has 0 aromatic carbocycles. The van der Waals surface area contributed by atoms with Gasteiger partial charge in [-0.25, -0.2) is 4.98 Å². The lowest BCUT2D eigenvalue weighted by Gasteiger charge is -2.39. The van der Waals surface area contributed by atoms with Gasteiger partial charge in [0.05, 0.1) is 17.6 Å². The van der Waals surface area contributed by atoms with Crippen LogP contribution in [-0.4, -0.2) is 60.6 Å². The number of aromatic nitrogens is 1. The molecule has 2 aliphatic heterocycles. The molecule has 0 spiro atoms. The Morgan fingerprint density at radius 3 is 2.76 bits per heavy atom. The monoisotopic (exact) mass is 346 g/mol. The van der Waals surface area contributed by atoms with E-state index >= 15 is 0 Å². The summed E-state index contributed by atoms with van der Waals surface area (Å²) in [6, 6.07) is 3.39. The fourth-order valence-corrected chi connectivity index (χ4v) is 3.74. The highest BCUT2D eigenvalue weighted by Gasteiger charge is 2.35. The molecule has 2 saturated heterocycles. The number of anilines is 1. The number of amides is 2. The third-order valence-corrected chi connectivity index (χ3v) is 5.10. The molecule has 2 N–H and O–H groups in total. The minimum Gasteiger partial charge on any atom is -0.377 e. The quantitative estimate of drug-likeness (QED) is 0.880. The zero-order valence-electron chi connectivity index (χ0n) is 14.7. The fraction of sp³-hybridized carbons (Fsp3) is 0.611. The van der Waals surface area contributed by atoms with Gasteiger partial charge < -0.3 is 20.3 Å². The first-order valence-electron chi connectivity index (χ1n) is 9.02. The maximum absolute atomic E-state index is 12.9. The number of piperazine rings is 1. The number of carbonyl (C=O) groups is 2. The van der Waals surface area contributed by atoms with E-state index in [0.717, 1.165) is 25.9 Å². The summed E-state index contributed by atoms with van der Waals surface area (Å²) in [7, 11) is 0. The third kappa shape index (κ3) is 3.76. The van der Waals surface area contributed by atoms with Gasteiger partial charge in [-0.15, -0.1) is 0 Å². The number of rotatable bonds is 4. The van der Waals surface area contributed by atoms with E-state index in [4.69, 9.17) is 10.5 Å². The summed E-state index contributed by atoms with van der Waals surface area (Å²) in [4.78, 5) is 32.7. The second-order valence-corrected chi connectivity index (χ2v) is 6.62. The lowest BCUT2D eigenvalue weighted by molar-refractivity contribution is -0.145. The van der Waals surface area contributed by atoms with Crippen molar-refractivity contribution in [1.29, 1.82) is 0 Å². The van der Waals surface area contributed by atoms with E-state index in [1.54, 1.807) is 18.3 Å². The summed E-state index contributed by atoms with van der Waals surface area (Å²) in [5.41, 5.74) is 5.87. The molecule has 2 atom stereocenters. The Hall–Kier alpha value is -2.15. The molecule has 7 heteroatoms. The highest BCUT2D eigenvalue weighted by molar-refractivity contribution is 5.97. The van der Waals surface area contributed by atoms with Gasteiger partial charge >= 0.3 is 0 Å². The average molecular weight is 346 g/mol. The zero-order valence-corrected chi connectivity index (χ0v) is 14.7.